The van der Waals surface area contributed by atoms with Crippen molar-refractivity contribution in [1.29, 1.82) is 5.26 Å². The molecule has 0 saturated heterocycles. The largest absolute Gasteiger partial charge is 0.311 e. The first-order chi connectivity index (χ1) is 7.15. The molecule has 1 rings (SSSR count). The maximum absolute atomic E-state index is 13.3. The second kappa shape index (κ2) is 5.69. The highest BCUT2D eigenvalue weighted by Crippen LogP contribution is 2.18. The summed E-state index contributed by atoms with van der Waals surface area (Å²) in [6, 6.07) is 6.68. The fourth-order valence-electron chi connectivity index (χ4n) is 1.16. The minimum Gasteiger partial charge on any atom is -0.311 e. The third-order valence-corrected chi connectivity index (χ3v) is 2.39. The fourth-order valence-corrected chi connectivity index (χ4v) is 1.39. The molecule has 0 saturated carbocycles. The summed E-state index contributed by atoms with van der Waals surface area (Å²) in [6.07, 6.45) is 0. The summed E-state index contributed by atoms with van der Waals surface area (Å²) in [5.74, 6) is -0.407. The van der Waals surface area contributed by atoms with Crippen LogP contribution in [0.1, 0.15) is 12.5 Å². The number of nitrogens with one attached hydrogen (secondary N) is 1. The highest BCUT2D eigenvalue weighted by Gasteiger charge is 2.06. The van der Waals surface area contributed by atoms with E-state index in [9.17, 15) is 4.39 Å². The van der Waals surface area contributed by atoms with Crippen LogP contribution in [0.5, 0.6) is 0 Å². The molecule has 0 fully saturated rings. The van der Waals surface area contributed by atoms with Crippen LogP contribution >= 0.6 is 11.6 Å². The molecule has 1 unspecified atom stereocenters. The Morgan fingerprint density at radius 3 is 2.93 bits per heavy atom. The Kier molecular flexibility index (Phi) is 4.54. The molecule has 80 valence electrons. The Morgan fingerprint density at radius 2 is 2.33 bits per heavy atom. The summed E-state index contributed by atoms with van der Waals surface area (Å²) >= 11 is 5.83. The molecule has 1 aromatic carbocycles. The van der Waals surface area contributed by atoms with E-state index in [4.69, 9.17) is 16.9 Å². The van der Waals surface area contributed by atoms with Gasteiger partial charge in [-0.25, -0.2) is 4.39 Å². The Balaban J connectivity index is 2.55. The standard InChI is InChI=1S/C11H12ClFN2/c1-8(5-14)6-15-7-9-10(12)3-2-4-11(9)13/h2-4,8,15H,6-7H2,1H3. The van der Waals surface area contributed by atoms with E-state index < -0.39 is 0 Å². The molecule has 0 spiro atoms. The normalized spacial score (nSPS) is 12.1. The van der Waals surface area contributed by atoms with E-state index in [0.29, 0.717) is 23.7 Å². The van der Waals surface area contributed by atoms with E-state index in [1.54, 1.807) is 19.1 Å². The van der Waals surface area contributed by atoms with E-state index >= 15 is 0 Å². The van der Waals surface area contributed by atoms with Crippen molar-refractivity contribution in [2.24, 2.45) is 5.92 Å². The minimum atomic E-state index is -0.320. The van der Waals surface area contributed by atoms with Crippen LogP contribution in [0.3, 0.4) is 0 Å². The van der Waals surface area contributed by atoms with Crippen LogP contribution in [0.15, 0.2) is 18.2 Å². The summed E-state index contributed by atoms with van der Waals surface area (Å²) in [4.78, 5) is 0. The molecule has 0 aliphatic carbocycles. The fraction of sp³-hybridized carbons (Fsp3) is 0.364. The number of benzene rings is 1. The maximum atomic E-state index is 13.3. The predicted octanol–water partition coefficient (Wildman–Crippen LogP) is 2.73. The number of hydrogen-bond donors (Lipinski definition) is 1. The van der Waals surface area contributed by atoms with Crippen LogP contribution in [0.4, 0.5) is 4.39 Å². The van der Waals surface area contributed by atoms with Crippen LogP contribution in [0, 0.1) is 23.1 Å². The van der Waals surface area contributed by atoms with Crippen molar-refractivity contribution in [3.8, 4) is 6.07 Å². The van der Waals surface area contributed by atoms with Gasteiger partial charge in [0.2, 0.25) is 0 Å². The average molecular weight is 227 g/mol. The molecule has 1 atom stereocenters. The summed E-state index contributed by atoms with van der Waals surface area (Å²) in [5, 5.41) is 11.9. The molecule has 1 N–H and O–H groups in total. The van der Waals surface area contributed by atoms with Crippen molar-refractivity contribution in [3.05, 3.63) is 34.6 Å². The summed E-state index contributed by atoms with van der Waals surface area (Å²) in [6.45, 7) is 2.68. The molecular formula is C11H12ClFN2. The van der Waals surface area contributed by atoms with Crippen molar-refractivity contribution in [2.45, 2.75) is 13.5 Å². The van der Waals surface area contributed by atoms with Gasteiger partial charge in [0.05, 0.1) is 12.0 Å². The summed E-state index contributed by atoms with van der Waals surface area (Å²) in [5.41, 5.74) is 0.448. The first-order valence-electron chi connectivity index (χ1n) is 4.68. The lowest BCUT2D eigenvalue weighted by Gasteiger charge is -2.08. The third kappa shape index (κ3) is 3.50. The topological polar surface area (TPSA) is 35.8 Å². The molecule has 0 radical (unpaired) electrons. The first kappa shape index (κ1) is 12.0. The molecule has 15 heavy (non-hydrogen) atoms. The second-order valence-corrected chi connectivity index (χ2v) is 3.77. The third-order valence-electron chi connectivity index (χ3n) is 2.03. The number of rotatable bonds is 4. The van der Waals surface area contributed by atoms with Gasteiger partial charge in [-0.15, -0.1) is 0 Å². The van der Waals surface area contributed by atoms with Crippen LogP contribution in [-0.2, 0) is 6.54 Å². The van der Waals surface area contributed by atoms with E-state index in [-0.39, 0.29) is 11.7 Å². The number of nitriles is 1. The Hall–Kier alpha value is -1.11. The predicted molar refractivity (Wildman–Crippen MR) is 57.9 cm³/mol. The SMILES string of the molecule is CC(C#N)CNCc1c(F)cccc1Cl. The smallest absolute Gasteiger partial charge is 0.129 e. The second-order valence-electron chi connectivity index (χ2n) is 3.36. The van der Waals surface area contributed by atoms with Gasteiger partial charge in [0.1, 0.15) is 5.82 Å². The zero-order valence-electron chi connectivity index (χ0n) is 8.43. The lowest BCUT2D eigenvalue weighted by Crippen LogP contribution is -2.20. The van der Waals surface area contributed by atoms with Crippen molar-refractivity contribution in [3.63, 3.8) is 0 Å². The molecule has 0 aliphatic heterocycles. The highest BCUT2D eigenvalue weighted by molar-refractivity contribution is 6.31. The van der Waals surface area contributed by atoms with Gasteiger partial charge < -0.3 is 5.32 Å². The van der Waals surface area contributed by atoms with Gasteiger partial charge in [0, 0.05) is 23.7 Å². The van der Waals surface area contributed by atoms with Crippen molar-refractivity contribution >= 4 is 11.6 Å². The molecule has 0 amide bonds. The number of hydrogen-bond acceptors (Lipinski definition) is 2. The molecule has 1 aromatic rings. The Morgan fingerprint density at radius 1 is 1.60 bits per heavy atom. The van der Waals surface area contributed by atoms with Crippen LogP contribution in [0.25, 0.3) is 0 Å². The molecule has 0 aromatic heterocycles. The van der Waals surface area contributed by atoms with E-state index in [0.717, 1.165) is 0 Å². The van der Waals surface area contributed by atoms with E-state index in [1.807, 2.05) is 0 Å². The molecule has 0 heterocycles. The van der Waals surface area contributed by atoms with Gasteiger partial charge in [-0.1, -0.05) is 17.7 Å². The van der Waals surface area contributed by atoms with Crippen LogP contribution in [0.2, 0.25) is 5.02 Å². The number of nitrogens with zero attached hydrogens (tertiary/aromatic N) is 1. The Bertz CT molecular complexity index is 353. The van der Waals surface area contributed by atoms with E-state index in [1.165, 1.54) is 6.07 Å². The molecule has 0 aliphatic rings. The lowest BCUT2D eigenvalue weighted by atomic mass is 10.2. The molecule has 4 heteroatoms. The van der Waals surface area contributed by atoms with Crippen molar-refractivity contribution < 1.29 is 4.39 Å². The zero-order chi connectivity index (χ0) is 11.3. The maximum Gasteiger partial charge on any atom is 0.129 e. The average Bonchev–Trinajstić information content (AvgIpc) is 2.22. The van der Waals surface area contributed by atoms with Gasteiger partial charge in [0.15, 0.2) is 0 Å². The van der Waals surface area contributed by atoms with Crippen molar-refractivity contribution in [2.75, 3.05) is 6.54 Å². The van der Waals surface area contributed by atoms with Gasteiger partial charge in [-0.05, 0) is 19.1 Å². The molecular weight excluding hydrogens is 215 g/mol. The van der Waals surface area contributed by atoms with Gasteiger partial charge in [-0.2, -0.15) is 5.26 Å². The van der Waals surface area contributed by atoms with Gasteiger partial charge in [-0.3, -0.25) is 0 Å². The summed E-state index contributed by atoms with van der Waals surface area (Å²) in [7, 11) is 0. The van der Waals surface area contributed by atoms with Crippen LogP contribution in [-0.4, -0.2) is 6.54 Å². The van der Waals surface area contributed by atoms with Gasteiger partial charge in [0.25, 0.3) is 0 Å². The number of halogens is 2. The quantitative estimate of drug-likeness (QED) is 0.857. The highest BCUT2D eigenvalue weighted by atomic mass is 35.5. The summed E-state index contributed by atoms with van der Waals surface area (Å²) < 4.78 is 13.3. The minimum absolute atomic E-state index is 0.0875. The van der Waals surface area contributed by atoms with Crippen molar-refractivity contribution in [1.82, 2.24) is 5.32 Å². The molecule has 2 nitrogen and oxygen atoms in total. The monoisotopic (exact) mass is 226 g/mol. The Labute approximate surface area is 93.7 Å². The van der Waals surface area contributed by atoms with E-state index in [2.05, 4.69) is 11.4 Å². The van der Waals surface area contributed by atoms with Crippen LogP contribution < -0.4 is 5.32 Å². The first-order valence-corrected chi connectivity index (χ1v) is 5.06. The molecule has 0 bridgehead atoms. The van der Waals surface area contributed by atoms with Gasteiger partial charge >= 0.3 is 0 Å². The zero-order valence-corrected chi connectivity index (χ0v) is 9.18. The lowest BCUT2D eigenvalue weighted by molar-refractivity contribution is 0.564.